The molecule has 5 nitrogen and oxygen atoms in total. The number of nitrogens with zero attached hydrogens (tertiary/aromatic N) is 4. The van der Waals surface area contributed by atoms with Crippen molar-refractivity contribution in [3.63, 3.8) is 0 Å². The van der Waals surface area contributed by atoms with E-state index in [-0.39, 0.29) is 0 Å². The Morgan fingerprint density at radius 2 is 2.18 bits per heavy atom. The molecule has 0 bridgehead atoms. The third kappa shape index (κ3) is 3.74. The zero-order chi connectivity index (χ0) is 15.5. The maximum absolute atomic E-state index is 9.50. The Labute approximate surface area is 135 Å². The molecule has 0 saturated carbocycles. The SMILES string of the molecule is Cc1ccsc1CN1CCC(Cn2cc([C@H](C)O)nn2)CC1. The normalized spacial score (nSPS) is 18.7. The Balaban J connectivity index is 1.48. The van der Waals surface area contributed by atoms with Crippen LogP contribution in [0.25, 0.3) is 0 Å². The summed E-state index contributed by atoms with van der Waals surface area (Å²) in [7, 11) is 0. The van der Waals surface area contributed by atoms with Crippen molar-refractivity contribution in [1.29, 1.82) is 0 Å². The van der Waals surface area contributed by atoms with Crippen LogP contribution in [0.2, 0.25) is 0 Å². The second kappa shape index (κ2) is 6.89. The summed E-state index contributed by atoms with van der Waals surface area (Å²) >= 11 is 1.86. The van der Waals surface area contributed by atoms with Crippen LogP contribution in [0.3, 0.4) is 0 Å². The third-order valence-corrected chi connectivity index (χ3v) is 5.48. The van der Waals surface area contributed by atoms with E-state index in [1.54, 1.807) is 6.92 Å². The summed E-state index contributed by atoms with van der Waals surface area (Å²) in [6.07, 6.45) is 3.74. The highest BCUT2D eigenvalue weighted by atomic mass is 32.1. The molecule has 0 radical (unpaired) electrons. The van der Waals surface area contributed by atoms with Crippen molar-refractivity contribution >= 4 is 11.3 Å². The van der Waals surface area contributed by atoms with Gasteiger partial charge in [0.15, 0.2) is 0 Å². The standard InChI is InChI=1S/C16H24N4OS/c1-12-5-8-22-16(12)11-19-6-3-14(4-7-19)9-20-10-15(13(2)21)17-18-20/h5,8,10,13-14,21H,3-4,6-7,9,11H2,1-2H3/t13-/m0/s1. The first-order chi connectivity index (χ1) is 10.6. The smallest absolute Gasteiger partial charge is 0.111 e. The molecule has 0 spiro atoms. The van der Waals surface area contributed by atoms with Crippen LogP contribution in [0.5, 0.6) is 0 Å². The Hall–Kier alpha value is -1.24. The number of aliphatic hydroxyl groups excluding tert-OH is 1. The molecule has 1 aliphatic heterocycles. The number of piperidine rings is 1. The van der Waals surface area contributed by atoms with Gasteiger partial charge in [-0.2, -0.15) is 0 Å². The highest BCUT2D eigenvalue weighted by Crippen LogP contribution is 2.23. The number of hydrogen-bond donors (Lipinski definition) is 1. The minimum atomic E-state index is -0.537. The first kappa shape index (κ1) is 15.6. The van der Waals surface area contributed by atoms with E-state index in [1.165, 1.54) is 23.3 Å². The van der Waals surface area contributed by atoms with E-state index >= 15 is 0 Å². The third-order valence-electron chi connectivity index (χ3n) is 4.47. The lowest BCUT2D eigenvalue weighted by atomic mass is 9.97. The molecule has 1 fully saturated rings. The molecule has 6 heteroatoms. The van der Waals surface area contributed by atoms with Crippen molar-refractivity contribution in [3.05, 3.63) is 33.8 Å². The topological polar surface area (TPSA) is 54.2 Å². The molecule has 120 valence electrons. The molecule has 1 N–H and O–H groups in total. The Bertz CT molecular complexity index is 599. The van der Waals surface area contributed by atoms with Gasteiger partial charge >= 0.3 is 0 Å². The predicted octanol–water partition coefficient (Wildman–Crippen LogP) is 2.61. The van der Waals surface area contributed by atoms with Gasteiger partial charge < -0.3 is 5.11 Å². The highest BCUT2D eigenvalue weighted by molar-refractivity contribution is 7.10. The number of rotatable bonds is 5. The largest absolute Gasteiger partial charge is 0.387 e. The fourth-order valence-electron chi connectivity index (χ4n) is 2.95. The average molecular weight is 320 g/mol. The van der Waals surface area contributed by atoms with Crippen LogP contribution < -0.4 is 0 Å². The minimum absolute atomic E-state index is 0.537. The Morgan fingerprint density at radius 1 is 1.41 bits per heavy atom. The quantitative estimate of drug-likeness (QED) is 0.920. The molecule has 22 heavy (non-hydrogen) atoms. The molecule has 2 aromatic heterocycles. The molecule has 1 saturated heterocycles. The van der Waals surface area contributed by atoms with Crippen molar-refractivity contribution < 1.29 is 5.11 Å². The van der Waals surface area contributed by atoms with Gasteiger partial charge in [0.2, 0.25) is 0 Å². The number of likely N-dealkylation sites (tertiary alicyclic amines) is 1. The second-order valence-electron chi connectivity index (χ2n) is 6.29. The van der Waals surface area contributed by atoms with Crippen molar-refractivity contribution in [2.24, 2.45) is 5.92 Å². The monoisotopic (exact) mass is 320 g/mol. The summed E-state index contributed by atoms with van der Waals surface area (Å²) in [6.45, 7) is 8.22. The highest BCUT2D eigenvalue weighted by Gasteiger charge is 2.21. The van der Waals surface area contributed by atoms with Gasteiger partial charge in [0.05, 0.1) is 12.3 Å². The zero-order valence-corrected chi connectivity index (χ0v) is 14.1. The van der Waals surface area contributed by atoms with Crippen LogP contribution in [0.4, 0.5) is 0 Å². The van der Waals surface area contributed by atoms with E-state index in [2.05, 4.69) is 33.6 Å². The maximum Gasteiger partial charge on any atom is 0.111 e. The average Bonchev–Trinajstić information content (AvgIpc) is 3.11. The first-order valence-corrected chi connectivity index (χ1v) is 8.83. The van der Waals surface area contributed by atoms with Crippen molar-refractivity contribution in [3.8, 4) is 0 Å². The van der Waals surface area contributed by atoms with Gasteiger partial charge in [0, 0.05) is 18.0 Å². The summed E-state index contributed by atoms with van der Waals surface area (Å²) in [5.74, 6) is 0.657. The molecule has 0 aliphatic carbocycles. The number of thiophene rings is 1. The van der Waals surface area contributed by atoms with Gasteiger partial charge in [-0.25, -0.2) is 0 Å². The minimum Gasteiger partial charge on any atom is -0.387 e. The van der Waals surface area contributed by atoms with Gasteiger partial charge in [-0.05, 0) is 62.7 Å². The van der Waals surface area contributed by atoms with Crippen LogP contribution in [0.15, 0.2) is 17.6 Å². The molecule has 1 atom stereocenters. The lowest BCUT2D eigenvalue weighted by Gasteiger charge is -2.31. The summed E-state index contributed by atoms with van der Waals surface area (Å²) in [6, 6.07) is 2.21. The molecule has 3 heterocycles. The van der Waals surface area contributed by atoms with Crippen LogP contribution in [-0.2, 0) is 13.1 Å². The summed E-state index contributed by atoms with van der Waals surface area (Å²) in [5.41, 5.74) is 2.07. The van der Waals surface area contributed by atoms with Gasteiger partial charge in [-0.1, -0.05) is 5.21 Å². The van der Waals surface area contributed by atoms with Gasteiger partial charge in [0.1, 0.15) is 5.69 Å². The summed E-state index contributed by atoms with van der Waals surface area (Å²) in [5, 5.41) is 19.8. The molecule has 1 aliphatic rings. The maximum atomic E-state index is 9.50. The van der Waals surface area contributed by atoms with Gasteiger partial charge in [0.25, 0.3) is 0 Å². The molecule has 2 aromatic rings. The Kier molecular flexibility index (Phi) is 4.90. The van der Waals surface area contributed by atoms with Crippen molar-refractivity contribution in [2.75, 3.05) is 13.1 Å². The summed E-state index contributed by atoms with van der Waals surface area (Å²) < 4.78 is 1.88. The van der Waals surface area contributed by atoms with Crippen LogP contribution in [0.1, 0.15) is 42.0 Å². The lowest BCUT2D eigenvalue weighted by molar-refractivity contribution is 0.165. The number of aliphatic hydroxyl groups is 1. The predicted molar refractivity (Wildman–Crippen MR) is 87.7 cm³/mol. The number of hydrogen-bond acceptors (Lipinski definition) is 5. The van der Waals surface area contributed by atoms with E-state index < -0.39 is 6.10 Å². The van der Waals surface area contributed by atoms with Crippen LogP contribution in [-0.4, -0.2) is 38.1 Å². The molecular formula is C16H24N4OS. The molecule has 0 unspecified atom stereocenters. The first-order valence-electron chi connectivity index (χ1n) is 7.95. The van der Waals surface area contributed by atoms with Crippen molar-refractivity contribution in [1.82, 2.24) is 19.9 Å². The summed E-state index contributed by atoms with van der Waals surface area (Å²) in [4.78, 5) is 4.05. The number of aromatic nitrogens is 3. The molecule has 0 aromatic carbocycles. The lowest BCUT2D eigenvalue weighted by Crippen LogP contribution is -2.34. The van der Waals surface area contributed by atoms with Crippen molar-refractivity contribution in [2.45, 2.75) is 45.9 Å². The Morgan fingerprint density at radius 3 is 2.77 bits per heavy atom. The van der Waals surface area contributed by atoms with E-state index in [9.17, 15) is 5.11 Å². The van der Waals surface area contributed by atoms with Gasteiger partial charge in [-0.3, -0.25) is 9.58 Å². The fraction of sp³-hybridized carbons (Fsp3) is 0.625. The second-order valence-corrected chi connectivity index (χ2v) is 7.29. The van der Waals surface area contributed by atoms with E-state index in [1.807, 2.05) is 22.2 Å². The van der Waals surface area contributed by atoms with E-state index in [0.717, 1.165) is 26.2 Å². The molecule has 0 amide bonds. The zero-order valence-electron chi connectivity index (χ0n) is 13.3. The fourth-order valence-corrected chi connectivity index (χ4v) is 3.90. The van der Waals surface area contributed by atoms with Crippen LogP contribution >= 0.6 is 11.3 Å². The van der Waals surface area contributed by atoms with E-state index in [4.69, 9.17) is 0 Å². The number of aryl methyl sites for hydroxylation is 1. The van der Waals surface area contributed by atoms with E-state index in [0.29, 0.717) is 11.6 Å². The molecule has 3 rings (SSSR count). The molecular weight excluding hydrogens is 296 g/mol. The van der Waals surface area contributed by atoms with Crippen LogP contribution in [0, 0.1) is 12.8 Å². The van der Waals surface area contributed by atoms with Gasteiger partial charge in [-0.15, -0.1) is 16.4 Å².